The molecule has 0 saturated heterocycles. The highest BCUT2D eigenvalue weighted by atomic mass is 79.9. The van der Waals surface area contributed by atoms with Crippen molar-refractivity contribution < 1.29 is 14.3 Å². The Bertz CT molecular complexity index is 486. The lowest BCUT2D eigenvalue weighted by molar-refractivity contribution is -0.121. The molecule has 0 bridgehead atoms. The van der Waals surface area contributed by atoms with Crippen molar-refractivity contribution in [1.82, 2.24) is 15.2 Å². The lowest BCUT2D eigenvalue weighted by Crippen LogP contribution is -2.33. The number of nitrogens with zero attached hydrogens (tertiary/aromatic N) is 1. The zero-order chi connectivity index (χ0) is 15.8. The number of hydrogen-bond donors (Lipinski definition) is 2. The fourth-order valence-corrected chi connectivity index (χ4v) is 2.25. The summed E-state index contributed by atoms with van der Waals surface area (Å²) in [6.07, 6.45) is 2.12. The predicted octanol–water partition coefficient (Wildman–Crippen LogP) is 1.71. The zero-order valence-electron chi connectivity index (χ0n) is 12.6. The maximum absolute atomic E-state index is 12.1. The number of halogens is 1. The second-order valence-electron chi connectivity index (χ2n) is 4.89. The van der Waals surface area contributed by atoms with E-state index < -0.39 is 0 Å². The van der Waals surface area contributed by atoms with Gasteiger partial charge in [-0.1, -0.05) is 0 Å². The number of rotatable bonds is 8. The second kappa shape index (κ2) is 8.84. The number of carbonyl (C=O) groups is 2. The molecule has 0 unspecified atom stereocenters. The molecule has 0 saturated carbocycles. The van der Waals surface area contributed by atoms with Gasteiger partial charge >= 0.3 is 0 Å². The smallest absolute Gasteiger partial charge is 0.267 e. The van der Waals surface area contributed by atoms with Gasteiger partial charge in [0, 0.05) is 43.3 Å². The van der Waals surface area contributed by atoms with Gasteiger partial charge in [-0.05, 0) is 35.8 Å². The Morgan fingerprint density at radius 1 is 1.33 bits per heavy atom. The largest absolute Gasteiger partial charge is 0.383 e. The van der Waals surface area contributed by atoms with Gasteiger partial charge in [0.05, 0.1) is 6.61 Å². The van der Waals surface area contributed by atoms with Gasteiger partial charge < -0.3 is 19.9 Å². The minimum absolute atomic E-state index is 0.104. The van der Waals surface area contributed by atoms with E-state index >= 15 is 0 Å². The molecular formula is C14H22BrN3O3. The van der Waals surface area contributed by atoms with Crippen LogP contribution in [0, 0.1) is 0 Å². The van der Waals surface area contributed by atoms with Crippen LogP contribution in [0.4, 0.5) is 0 Å². The first-order valence-corrected chi connectivity index (χ1v) is 7.66. The summed E-state index contributed by atoms with van der Waals surface area (Å²) in [5.74, 6) is -0.285. The first-order valence-electron chi connectivity index (χ1n) is 6.87. The first-order chi connectivity index (χ1) is 9.95. The van der Waals surface area contributed by atoms with Crippen molar-refractivity contribution in [2.24, 2.45) is 0 Å². The molecule has 0 atom stereocenters. The molecule has 6 nitrogen and oxygen atoms in total. The molecule has 0 aliphatic rings. The van der Waals surface area contributed by atoms with Crippen LogP contribution < -0.4 is 10.6 Å². The average molecular weight is 360 g/mol. The molecule has 118 valence electrons. The SMILES string of the molecule is COCCNC(=O)CCNC(=O)c1cc(Br)cn1C(C)C. The maximum Gasteiger partial charge on any atom is 0.267 e. The van der Waals surface area contributed by atoms with Crippen molar-refractivity contribution in [3.63, 3.8) is 0 Å². The lowest BCUT2D eigenvalue weighted by Gasteiger charge is -2.12. The maximum atomic E-state index is 12.1. The summed E-state index contributed by atoms with van der Waals surface area (Å²) in [4.78, 5) is 23.6. The lowest BCUT2D eigenvalue weighted by atomic mass is 10.3. The zero-order valence-corrected chi connectivity index (χ0v) is 14.2. The van der Waals surface area contributed by atoms with Gasteiger partial charge in [0.25, 0.3) is 5.91 Å². The molecule has 0 aliphatic heterocycles. The number of ether oxygens (including phenoxy) is 1. The van der Waals surface area contributed by atoms with Crippen LogP contribution in [0.3, 0.4) is 0 Å². The van der Waals surface area contributed by atoms with Crippen molar-refractivity contribution in [3.8, 4) is 0 Å². The molecular weight excluding hydrogens is 338 g/mol. The first kappa shape index (κ1) is 17.7. The summed E-state index contributed by atoms with van der Waals surface area (Å²) in [6.45, 7) is 5.28. The van der Waals surface area contributed by atoms with Gasteiger partial charge in [-0.15, -0.1) is 0 Å². The molecule has 0 aliphatic carbocycles. The molecule has 1 heterocycles. The normalized spacial score (nSPS) is 10.7. The van der Waals surface area contributed by atoms with Gasteiger partial charge in [0.15, 0.2) is 0 Å². The third-order valence-corrected chi connectivity index (χ3v) is 3.30. The van der Waals surface area contributed by atoms with E-state index in [1.165, 1.54) is 0 Å². The van der Waals surface area contributed by atoms with Gasteiger partial charge in [0.1, 0.15) is 5.69 Å². The van der Waals surface area contributed by atoms with Gasteiger partial charge in [-0.2, -0.15) is 0 Å². The molecule has 0 spiro atoms. The highest BCUT2D eigenvalue weighted by Gasteiger charge is 2.14. The van der Waals surface area contributed by atoms with E-state index in [4.69, 9.17) is 4.74 Å². The van der Waals surface area contributed by atoms with E-state index in [1.807, 2.05) is 24.6 Å². The minimum Gasteiger partial charge on any atom is -0.383 e. The molecule has 0 radical (unpaired) electrons. The molecule has 2 amide bonds. The van der Waals surface area contributed by atoms with Crippen LogP contribution in [-0.2, 0) is 9.53 Å². The molecule has 0 fully saturated rings. The topological polar surface area (TPSA) is 72.4 Å². The fourth-order valence-electron chi connectivity index (χ4n) is 1.82. The summed E-state index contributed by atoms with van der Waals surface area (Å²) >= 11 is 3.37. The van der Waals surface area contributed by atoms with E-state index in [0.717, 1.165) is 4.47 Å². The fraction of sp³-hybridized carbons (Fsp3) is 0.571. The van der Waals surface area contributed by atoms with Crippen molar-refractivity contribution >= 4 is 27.7 Å². The number of carbonyl (C=O) groups excluding carboxylic acids is 2. The summed E-state index contributed by atoms with van der Waals surface area (Å²) in [7, 11) is 1.58. The van der Waals surface area contributed by atoms with Crippen LogP contribution in [0.5, 0.6) is 0 Å². The number of aromatic nitrogens is 1. The Morgan fingerprint density at radius 2 is 2.05 bits per heavy atom. The van der Waals surface area contributed by atoms with E-state index in [2.05, 4.69) is 26.6 Å². The quantitative estimate of drug-likeness (QED) is 0.694. The van der Waals surface area contributed by atoms with Gasteiger partial charge in [-0.25, -0.2) is 0 Å². The molecule has 2 N–H and O–H groups in total. The number of methoxy groups -OCH3 is 1. The van der Waals surface area contributed by atoms with Gasteiger partial charge in [-0.3, -0.25) is 9.59 Å². The van der Waals surface area contributed by atoms with Crippen LogP contribution in [0.2, 0.25) is 0 Å². The third kappa shape index (κ3) is 5.89. The highest BCUT2D eigenvalue weighted by molar-refractivity contribution is 9.10. The Hall–Kier alpha value is -1.34. The highest BCUT2D eigenvalue weighted by Crippen LogP contribution is 2.19. The number of hydrogen-bond acceptors (Lipinski definition) is 3. The van der Waals surface area contributed by atoms with Crippen molar-refractivity contribution in [2.75, 3.05) is 26.8 Å². The third-order valence-electron chi connectivity index (χ3n) is 2.87. The molecule has 1 aromatic rings. The monoisotopic (exact) mass is 359 g/mol. The summed E-state index contributed by atoms with van der Waals surface area (Å²) < 4.78 is 7.59. The van der Waals surface area contributed by atoms with Gasteiger partial charge in [0.2, 0.25) is 5.91 Å². The van der Waals surface area contributed by atoms with Crippen LogP contribution in [0.15, 0.2) is 16.7 Å². The Labute approximate surface area is 133 Å². The Morgan fingerprint density at radius 3 is 2.67 bits per heavy atom. The summed E-state index contributed by atoms with van der Waals surface area (Å²) in [6, 6.07) is 1.96. The van der Waals surface area contributed by atoms with E-state index in [0.29, 0.717) is 25.4 Å². The minimum atomic E-state index is -0.181. The number of amides is 2. The van der Waals surface area contributed by atoms with Crippen molar-refractivity contribution in [2.45, 2.75) is 26.3 Å². The van der Waals surface area contributed by atoms with Crippen LogP contribution in [-0.4, -0.2) is 43.2 Å². The van der Waals surface area contributed by atoms with Crippen LogP contribution >= 0.6 is 15.9 Å². The van der Waals surface area contributed by atoms with E-state index in [-0.39, 0.29) is 24.3 Å². The molecule has 7 heteroatoms. The molecule has 0 aromatic carbocycles. The predicted molar refractivity (Wildman–Crippen MR) is 84.4 cm³/mol. The summed E-state index contributed by atoms with van der Waals surface area (Å²) in [5.41, 5.74) is 0.580. The van der Waals surface area contributed by atoms with E-state index in [9.17, 15) is 9.59 Å². The molecule has 1 rings (SSSR count). The Balaban J connectivity index is 2.42. The van der Waals surface area contributed by atoms with Crippen LogP contribution in [0.1, 0.15) is 36.8 Å². The number of nitrogens with one attached hydrogen (secondary N) is 2. The van der Waals surface area contributed by atoms with Crippen LogP contribution in [0.25, 0.3) is 0 Å². The molecule has 1 aromatic heterocycles. The van der Waals surface area contributed by atoms with Crippen molar-refractivity contribution in [1.29, 1.82) is 0 Å². The van der Waals surface area contributed by atoms with E-state index in [1.54, 1.807) is 13.2 Å². The second-order valence-corrected chi connectivity index (χ2v) is 5.81. The summed E-state index contributed by atoms with van der Waals surface area (Å²) in [5, 5.41) is 5.46. The Kier molecular flexibility index (Phi) is 7.45. The van der Waals surface area contributed by atoms with Crippen molar-refractivity contribution in [3.05, 3.63) is 22.4 Å². The average Bonchev–Trinajstić information content (AvgIpc) is 2.81. The standard InChI is InChI=1S/C14H22BrN3O3/c1-10(2)18-9-11(15)8-12(18)14(20)17-5-4-13(19)16-6-7-21-3/h8-10H,4-7H2,1-3H3,(H,16,19)(H,17,20). The molecule has 21 heavy (non-hydrogen) atoms.